The predicted molar refractivity (Wildman–Crippen MR) is 125 cm³/mol. The Kier molecular flexibility index (Phi) is 6.33. The van der Waals surface area contributed by atoms with Gasteiger partial charge in [0.25, 0.3) is 10.0 Å². The number of aromatic amines is 1. The van der Waals surface area contributed by atoms with Crippen LogP contribution in [0.5, 0.6) is 0 Å². The van der Waals surface area contributed by atoms with Gasteiger partial charge in [-0.2, -0.15) is 4.72 Å². The van der Waals surface area contributed by atoms with E-state index >= 15 is 0 Å². The molecule has 0 amide bonds. The van der Waals surface area contributed by atoms with E-state index < -0.39 is 28.0 Å². The van der Waals surface area contributed by atoms with Crippen LogP contribution in [0.2, 0.25) is 0 Å². The highest BCUT2D eigenvalue weighted by atomic mass is 32.2. The fourth-order valence-electron chi connectivity index (χ4n) is 3.44. The minimum atomic E-state index is -4.10. The molecule has 0 aliphatic heterocycles. The second-order valence-electron chi connectivity index (χ2n) is 7.39. The van der Waals surface area contributed by atoms with Crippen LogP contribution >= 0.6 is 11.3 Å². The number of hydrogen-bond donors (Lipinski definition) is 3. The van der Waals surface area contributed by atoms with Crippen molar-refractivity contribution in [2.45, 2.75) is 23.1 Å². The van der Waals surface area contributed by atoms with Crippen molar-refractivity contribution in [2.75, 3.05) is 0 Å². The van der Waals surface area contributed by atoms with Crippen LogP contribution in [0.4, 0.5) is 4.39 Å². The molecule has 0 saturated carbocycles. The predicted octanol–water partition coefficient (Wildman–Crippen LogP) is 4.30. The number of carbonyl (C=O) groups is 1. The van der Waals surface area contributed by atoms with Crippen LogP contribution in [0.25, 0.3) is 10.9 Å². The summed E-state index contributed by atoms with van der Waals surface area (Å²) >= 11 is 0.930. The molecule has 0 fully saturated rings. The number of halogens is 1. The average Bonchev–Trinajstić information content (AvgIpc) is 3.44. The Morgan fingerprint density at radius 1 is 1.09 bits per heavy atom. The molecule has 2 aromatic carbocycles. The molecule has 0 radical (unpaired) electrons. The molecule has 1 unspecified atom stereocenters. The monoisotopic (exact) mass is 482 g/mol. The first kappa shape index (κ1) is 22.7. The highest BCUT2D eigenvalue weighted by Crippen LogP contribution is 2.29. The number of sulfonamides is 1. The maximum atomic E-state index is 13.0. The van der Waals surface area contributed by atoms with Crippen LogP contribution in [0.15, 0.2) is 71.1 Å². The summed E-state index contributed by atoms with van der Waals surface area (Å²) in [5.41, 5.74) is 2.14. The van der Waals surface area contributed by atoms with Crippen molar-refractivity contribution < 1.29 is 22.7 Å². The van der Waals surface area contributed by atoms with Gasteiger partial charge in [0.15, 0.2) is 0 Å². The van der Waals surface area contributed by atoms with Crippen molar-refractivity contribution in [2.24, 2.45) is 0 Å². The third kappa shape index (κ3) is 4.98. The number of nitrogens with one attached hydrogen (secondary N) is 2. The first-order valence-electron chi connectivity index (χ1n) is 9.93. The number of para-hydroxylation sites is 1. The largest absolute Gasteiger partial charge is 0.480 e. The molecule has 0 aliphatic rings. The molecule has 0 spiro atoms. The molecule has 0 saturated heterocycles. The van der Waals surface area contributed by atoms with Crippen molar-refractivity contribution in [3.05, 3.63) is 88.7 Å². The summed E-state index contributed by atoms with van der Waals surface area (Å²) in [5.74, 6) is 3.42. The zero-order valence-electron chi connectivity index (χ0n) is 17.4. The van der Waals surface area contributed by atoms with Gasteiger partial charge in [0, 0.05) is 28.6 Å². The van der Waals surface area contributed by atoms with Crippen molar-refractivity contribution in [3.63, 3.8) is 0 Å². The van der Waals surface area contributed by atoms with Crippen molar-refractivity contribution in [1.29, 1.82) is 0 Å². The van der Waals surface area contributed by atoms with Gasteiger partial charge in [0.2, 0.25) is 0 Å². The number of aromatic nitrogens is 1. The smallest absolute Gasteiger partial charge is 0.322 e. The highest BCUT2D eigenvalue weighted by molar-refractivity contribution is 7.91. The fraction of sp³-hybridized carbons (Fsp3) is 0.125. The van der Waals surface area contributed by atoms with E-state index in [1.54, 1.807) is 19.2 Å². The number of hydrogen-bond acceptors (Lipinski definition) is 4. The molecule has 2 atom stereocenters. The molecule has 6 nitrogen and oxygen atoms in total. The third-order valence-corrected chi connectivity index (χ3v) is 8.11. The lowest BCUT2D eigenvalue weighted by Crippen LogP contribution is -2.43. The molecule has 33 heavy (non-hydrogen) atoms. The van der Waals surface area contributed by atoms with Gasteiger partial charge in [-0.05, 0) is 48.0 Å². The van der Waals surface area contributed by atoms with Gasteiger partial charge in [-0.3, -0.25) is 4.79 Å². The van der Waals surface area contributed by atoms with Crippen LogP contribution in [0.1, 0.15) is 28.8 Å². The molecule has 4 rings (SSSR count). The molecular weight excluding hydrogens is 463 g/mol. The average molecular weight is 483 g/mol. The minimum absolute atomic E-state index is 0.0386. The van der Waals surface area contributed by atoms with E-state index in [0.717, 1.165) is 22.2 Å². The maximum Gasteiger partial charge on any atom is 0.322 e. The number of benzene rings is 2. The van der Waals surface area contributed by atoms with Gasteiger partial charge in [-0.1, -0.05) is 37.0 Å². The summed E-state index contributed by atoms with van der Waals surface area (Å²) in [4.78, 5) is 15.6. The van der Waals surface area contributed by atoms with E-state index in [4.69, 9.17) is 0 Å². The molecule has 2 aromatic heterocycles. The Hall–Kier alpha value is -3.45. The minimum Gasteiger partial charge on any atom is -0.480 e. The quantitative estimate of drug-likeness (QED) is 0.357. The van der Waals surface area contributed by atoms with Gasteiger partial charge in [-0.15, -0.1) is 11.3 Å². The SMILES string of the molecule is CC(c1c[nH]c2ccccc12)[C@H](NS(=O)(=O)c1ccc(C#Cc2ccc(F)cc2)s1)C(=O)O. The first-order valence-corrected chi connectivity index (χ1v) is 12.2. The van der Waals surface area contributed by atoms with Crippen LogP contribution in [-0.4, -0.2) is 30.5 Å². The molecule has 3 N–H and O–H groups in total. The Morgan fingerprint density at radius 2 is 1.82 bits per heavy atom. The van der Waals surface area contributed by atoms with Crippen LogP contribution in [0.3, 0.4) is 0 Å². The highest BCUT2D eigenvalue weighted by Gasteiger charge is 2.33. The zero-order valence-corrected chi connectivity index (χ0v) is 19.0. The van der Waals surface area contributed by atoms with E-state index in [1.807, 2.05) is 24.3 Å². The number of thiophene rings is 1. The summed E-state index contributed by atoms with van der Waals surface area (Å²) in [6.45, 7) is 1.67. The zero-order chi connectivity index (χ0) is 23.6. The Balaban J connectivity index is 1.56. The summed E-state index contributed by atoms with van der Waals surface area (Å²) in [5, 5.41) is 10.6. The lowest BCUT2D eigenvalue weighted by Gasteiger charge is -2.21. The van der Waals surface area contributed by atoms with Crippen LogP contribution in [-0.2, 0) is 14.8 Å². The van der Waals surface area contributed by atoms with Crippen LogP contribution < -0.4 is 4.72 Å². The summed E-state index contributed by atoms with van der Waals surface area (Å²) in [7, 11) is -4.10. The molecule has 0 aliphatic carbocycles. The van der Waals surface area contributed by atoms with Crippen molar-refractivity contribution >= 4 is 38.2 Å². The van der Waals surface area contributed by atoms with Crippen LogP contribution in [0, 0.1) is 17.7 Å². The lowest BCUT2D eigenvalue weighted by molar-refractivity contribution is -0.139. The van der Waals surface area contributed by atoms with Gasteiger partial charge >= 0.3 is 5.97 Å². The fourth-order valence-corrected chi connectivity index (χ4v) is 5.89. The van der Waals surface area contributed by atoms with Gasteiger partial charge in [0.05, 0.1) is 4.88 Å². The molecule has 4 aromatic rings. The number of rotatable bonds is 6. The second kappa shape index (κ2) is 9.19. The lowest BCUT2D eigenvalue weighted by atomic mass is 9.93. The molecule has 9 heteroatoms. The van der Waals surface area contributed by atoms with Gasteiger partial charge in [0.1, 0.15) is 16.1 Å². The first-order chi connectivity index (χ1) is 15.7. The summed E-state index contributed by atoms with van der Waals surface area (Å²) in [6, 6.07) is 14.6. The summed E-state index contributed by atoms with van der Waals surface area (Å²) < 4.78 is 41.2. The number of carboxylic acids is 1. The number of H-pyrrole nitrogens is 1. The van der Waals surface area contributed by atoms with Crippen molar-refractivity contribution in [1.82, 2.24) is 9.71 Å². The third-order valence-electron chi connectivity index (χ3n) is 5.18. The van der Waals surface area contributed by atoms with E-state index in [0.29, 0.717) is 16.0 Å². The normalized spacial score (nSPS) is 13.3. The molecule has 168 valence electrons. The van der Waals surface area contributed by atoms with Gasteiger partial charge in [-0.25, -0.2) is 12.8 Å². The van der Waals surface area contributed by atoms with Gasteiger partial charge < -0.3 is 10.1 Å². The van der Waals surface area contributed by atoms with Crippen molar-refractivity contribution in [3.8, 4) is 11.8 Å². The summed E-state index contributed by atoms with van der Waals surface area (Å²) in [6.07, 6.45) is 1.70. The standard InChI is InChI=1S/C24H19FN2O4S2/c1-15(20-14-26-21-5-3-2-4-19(20)21)23(24(28)29)27-33(30,31)22-13-12-18(32-22)11-8-16-6-9-17(25)10-7-16/h2-7,9-10,12-15,23,26-27H,1H3,(H,28,29)/t15?,23-/m0/s1. The Morgan fingerprint density at radius 3 is 2.55 bits per heavy atom. The Labute approximate surface area is 194 Å². The molecule has 0 bridgehead atoms. The van der Waals surface area contributed by atoms with E-state index in [-0.39, 0.29) is 10.0 Å². The maximum absolute atomic E-state index is 13.0. The Bertz CT molecular complexity index is 1480. The number of carboxylic acid groups (broad SMARTS) is 1. The van der Waals surface area contributed by atoms with E-state index in [2.05, 4.69) is 21.5 Å². The number of aliphatic carboxylic acids is 1. The molecular formula is C24H19FN2O4S2. The van der Waals surface area contributed by atoms with E-state index in [9.17, 15) is 22.7 Å². The second-order valence-corrected chi connectivity index (χ2v) is 10.4. The molecule has 2 heterocycles. The topological polar surface area (TPSA) is 99.3 Å². The number of fused-ring (bicyclic) bond motifs is 1. The van der Waals surface area contributed by atoms with E-state index in [1.165, 1.54) is 30.3 Å².